The van der Waals surface area contributed by atoms with Crippen LogP contribution in [0.4, 0.5) is 5.69 Å². The van der Waals surface area contributed by atoms with Gasteiger partial charge in [0.05, 0.1) is 15.2 Å². The number of anilines is 1. The quantitative estimate of drug-likeness (QED) is 0.521. The van der Waals surface area contributed by atoms with E-state index in [1.54, 1.807) is 23.7 Å². The van der Waals surface area contributed by atoms with E-state index in [0.717, 1.165) is 26.5 Å². The number of pyridine rings is 1. The molecule has 0 saturated heterocycles. The molecule has 0 saturated carbocycles. The second-order valence-corrected chi connectivity index (χ2v) is 7.75. The number of aryl methyl sites for hydroxylation is 1. The molecule has 4 aromatic rings. The summed E-state index contributed by atoms with van der Waals surface area (Å²) in [7, 11) is 0. The summed E-state index contributed by atoms with van der Waals surface area (Å²) >= 11 is 1.66. The number of thiazole rings is 1. The van der Waals surface area contributed by atoms with Gasteiger partial charge in [-0.25, -0.2) is 4.98 Å². The summed E-state index contributed by atoms with van der Waals surface area (Å²) in [6.07, 6.45) is 3.98. The largest absolute Gasteiger partial charge is 0.339 e. The highest BCUT2D eigenvalue weighted by Crippen LogP contribution is 2.29. The number of rotatable bonds is 6. The van der Waals surface area contributed by atoms with Crippen molar-refractivity contribution in [2.75, 3.05) is 5.32 Å². The maximum absolute atomic E-state index is 12.3. The fourth-order valence-corrected chi connectivity index (χ4v) is 3.69. The van der Waals surface area contributed by atoms with Crippen LogP contribution >= 0.6 is 11.3 Å². The van der Waals surface area contributed by atoms with E-state index in [9.17, 15) is 4.79 Å². The van der Waals surface area contributed by atoms with Crippen LogP contribution in [0.3, 0.4) is 0 Å². The van der Waals surface area contributed by atoms with Crippen LogP contribution in [0.15, 0.2) is 47.2 Å². The smallest absolute Gasteiger partial charge is 0.227 e. The number of nitrogens with one attached hydrogen (secondary N) is 1. The number of nitrogens with zero attached hydrogens (tertiary/aromatic N) is 4. The van der Waals surface area contributed by atoms with Crippen molar-refractivity contribution < 1.29 is 9.32 Å². The number of benzene rings is 1. The van der Waals surface area contributed by atoms with Crippen molar-refractivity contribution in [1.82, 2.24) is 20.1 Å². The van der Waals surface area contributed by atoms with Crippen molar-refractivity contribution >= 4 is 33.1 Å². The minimum Gasteiger partial charge on any atom is -0.339 e. The molecule has 3 heterocycles. The molecule has 0 spiro atoms. The van der Waals surface area contributed by atoms with E-state index in [-0.39, 0.29) is 12.3 Å². The summed E-state index contributed by atoms with van der Waals surface area (Å²) in [5.74, 6) is 1.18. The van der Waals surface area contributed by atoms with Gasteiger partial charge in [-0.1, -0.05) is 19.0 Å². The zero-order chi connectivity index (χ0) is 19.5. The van der Waals surface area contributed by atoms with Crippen LogP contribution in [0.1, 0.15) is 37.1 Å². The number of carbonyl (C=O) groups is 1. The van der Waals surface area contributed by atoms with Crippen LogP contribution < -0.4 is 5.32 Å². The first-order valence-corrected chi connectivity index (χ1v) is 9.83. The lowest BCUT2D eigenvalue weighted by molar-refractivity contribution is -0.116. The van der Waals surface area contributed by atoms with E-state index in [1.165, 1.54) is 0 Å². The van der Waals surface area contributed by atoms with Gasteiger partial charge in [0.15, 0.2) is 0 Å². The zero-order valence-corrected chi connectivity index (χ0v) is 16.4. The summed E-state index contributed by atoms with van der Waals surface area (Å²) in [6, 6.07) is 9.43. The van der Waals surface area contributed by atoms with Gasteiger partial charge in [-0.3, -0.25) is 9.78 Å². The number of hydrogen-bond donors (Lipinski definition) is 1. The van der Waals surface area contributed by atoms with Crippen LogP contribution in [-0.4, -0.2) is 26.0 Å². The molecular weight excluding hydrogens is 374 g/mol. The van der Waals surface area contributed by atoms with Crippen molar-refractivity contribution in [2.24, 2.45) is 0 Å². The molecule has 0 aliphatic rings. The van der Waals surface area contributed by atoms with E-state index in [4.69, 9.17) is 4.52 Å². The molecule has 1 aromatic carbocycles. The Labute approximate surface area is 165 Å². The first-order valence-electron chi connectivity index (χ1n) is 9.02. The van der Waals surface area contributed by atoms with Crippen LogP contribution in [0.5, 0.6) is 0 Å². The molecule has 0 bridgehead atoms. The summed E-state index contributed by atoms with van der Waals surface area (Å²) in [5.41, 5.74) is 2.50. The number of fused-ring (bicyclic) bond motifs is 1. The second kappa shape index (κ2) is 7.85. The minimum absolute atomic E-state index is 0.103. The number of amides is 1. The van der Waals surface area contributed by atoms with Crippen LogP contribution in [-0.2, 0) is 11.2 Å². The Morgan fingerprint density at radius 3 is 2.93 bits per heavy atom. The number of aromatic nitrogens is 4. The molecular formula is C20H19N5O2S. The summed E-state index contributed by atoms with van der Waals surface area (Å²) in [4.78, 5) is 25.2. The molecule has 142 valence electrons. The molecule has 0 unspecified atom stereocenters. The molecule has 1 amide bonds. The Hall–Kier alpha value is -3.13. The normalized spacial score (nSPS) is 11.2. The van der Waals surface area contributed by atoms with Gasteiger partial charge in [-0.2, -0.15) is 4.98 Å². The van der Waals surface area contributed by atoms with Gasteiger partial charge in [-0.05, 0) is 30.3 Å². The predicted octanol–water partition coefficient (Wildman–Crippen LogP) is 4.44. The molecule has 0 atom stereocenters. The predicted molar refractivity (Wildman–Crippen MR) is 108 cm³/mol. The van der Waals surface area contributed by atoms with Crippen LogP contribution in [0, 0.1) is 0 Å². The molecule has 0 aliphatic carbocycles. The van der Waals surface area contributed by atoms with E-state index in [0.29, 0.717) is 24.1 Å². The molecule has 0 radical (unpaired) electrons. The lowest BCUT2D eigenvalue weighted by Gasteiger charge is -2.03. The topological polar surface area (TPSA) is 93.8 Å². The van der Waals surface area contributed by atoms with Crippen molar-refractivity contribution in [3.8, 4) is 11.4 Å². The van der Waals surface area contributed by atoms with Crippen molar-refractivity contribution in [3.63, 3.8) is 0 Å². The lowest BCUT2D eigenvalue weighted by atomic mass is 10.2. The Morgan fingerprint density at radius 2 is 2.14 bits per heavy atom. The van der Waals surface area contributed by atoms with Crippen molar-refractivity contribution in [3.05, 3.63) is 53.6 Å². The molecule has 8 heteroatoms. The summed E-state index contributed by atoms with van der Waals surface area (Å²) < 4.78 is 6.30. The fourth-order valence-electron chi connectivity index (χ4n) is 2.68. The fraction of sp³-hybridized carbons (Fsp3) is 0.250. The monoisotopic (exact) mass is 393 g/mol. The average molecular weight is 393 g/mol. The first kappa shape index (κ1) is 18.2. The standard InChI is InChI=1S/C20H19N5O2S/c1-12(2)20-23-15-6-5-14(10-16(15)28-20)22-17(26)7-8-18-24-19(25-27-18)13-4-3-9-21-11-13/h3-6,9-12H,7-8H2,1-2H3,(H,22,26). The molecule has 4 rings (SSSR count). The highest BCUT2D eigenvalue weighted by atomic mass is 32.1. The summed E-state index contributed by atoms with van der Waals surface area (Å²) in [5, 5.41) is 7.95. The molecule has 1 N–H and O–H groups in total. The van der Waals surface area contributed by atoms with Gasteiger partial charge in [0.1, 0.15) is 0 Å². The number of hydrogen-bond acceptors (Lipinski definition) is 7. The van der Waals surface area contributed by atoms with Crippen molar-refractivity contribution in [2.45, 2.75) is 32.6 Å². The van der Waals surface area contributed by atoms with Gasteiger partial charge >= 0.3 is 0 Å². The van der Waals surface area contributed by atoms with E-state index >= 15 is 0 Å². The van der Waals surface area contributed by atoms with E-state index < -0.39 is 0 Å². The third-order valence-corrected chi connectivity index (χ3v) is 5.46. The third kappa shape index (κ3) is 4.07. The van der Waals surface area contributed by atoms with Gasteiger partial charge in [-0.15, -0.1) is 11.3 Å². The highest BCUT2D eigenvalue weighted by molar-refractivity contribution is 7.18. The third-order valence-electron chi connectivity index (χ3n) is 4.14. The minimum atomic E-state index is -0.103. The van der Waals surface area contributed by atoms with Gasteiger partial charge in [0.25, 0.3) is 0 Å². The first-order chi connectivity index (χ1) is 13.6. The second-order valence-electron chi connectivity index (χ2n) is 6.69. The Morgan fingerprint density at radius 1 is 1.25 bits per heavy atom. The maximum atomic E-state index is 12.3. The van der Waals surface area contributed by atoms with Gasteiger partial charge in [0, 0.05) is 42.4 Å². The van der Waals surface area contributed by atoms with Crippen molar-refractivity contribution in [1.29, 1.82) is 0 Å². The van der Waals surface area contributed by atoms with Gasteiger partial charge < -0.3 is 9.84 Å². The molecule has 3 aromatic heterocycles. The maximum Gasteiger partial charge on any atom is 0.227 e. The highest BCUT2D eigenvalue weighted by Gasteiger charge is 2.12. The van der Waals surface area contributed by atoms with Crippen LogP contribution in [0.25, 0.3) is 21.6 Å². The van der Waals surface area contributed by atoms with Gasteiger partial charge in [0.2, 0.25) is 17.6 Å². The van der Waals surface area contributed by atoms with Crippen LogP contribution in [0.2, 0.25) is 0 Å². The zero-order valence-electron chi connectivity index (χ0n) is 15.5. The molecule has 7 nitrogen and oxygen atoms in total. The van der Waals surface area contributed by atoms with E-state index in [1.807, 2.05) is 30.3 Å². The van der Waals surface area contributed by atoms with E-state index in [2.05, 4.69) is 39.3 Å². The average Bonchev–Trinajstić information content (AvgIpc) is 3.34. The molecule has 0 aliphatic heterocycles. The number of carbonyl (C=O) groups excluding carboxylic acids is 1. The lowest BCUT2D eigenvalue weighted by Crippen LogP contribution is -2.12. The SMILES string of the molecule is CC(C)c1nc2ccc(NC(=O)CCc3nc(-c4cccnc4)no3)cc2s1. The Bertz CT molecular complexity index is 1100. The Balaban J connectivity index is 1.37. The Kier molecular flexibility index (Phi) is 5.12. The molecule has 28 heavy (non-hydrogen) atoms. The molecule has 0 fully saturated rings. The summed E-state index contributed by atoms with van der Waals surface area (Å²) in [6.45, 7) is 4.25.